The van der Waals surface area contributed by atoms with E-state index >= 15 is 0 Å². The predicted molar refractivity (Wildman–Crippen MR) is 81.7 cm³/mol. The number of rotatable bonds is 4. The topological polar surface area (TPSA) is 37.3 Å². The fraction of sp³-hybridized carbons (Fsp3) is 0.188. The molecule has 1 N–H and O–H groups in total. The molecule has 0 fully saturated rings. The Morgan fingerprint density at radius 3 is 2.45 bits per heavy atom. The fourth-order valence-electron chi connectivity index (χ4n) is 2.13. The summed E-state index contributed by atoms with van der Waals surface area (Å²) in [6, 6.07) is 12.6. The van der Waals surface area contributed by atoms with Gasteiger partial charge in [0, 0.05) is 10.0 Å². The second-order valence-corrected chi connectivity index (χ2v) is 5.53. The van der Waals surface area contributed by atoms with Gasteiger partial charge in [-0.2, -0.15) is 0 Å². The van der Waals surface area contributed by atoms with E-state index in [9.17, 15) is 9.90 Å². The monoisotopic (exact) mass is 308 g/mol. The zero-order chi connectivity index (χ0) is 14.7. The molecule has 0 heterocycles. The summed E-state index contributed by atoms with van der Waals surface area (Å²) in [6.07, 6.45) is 0.318. The number of aliphatic carboxylic acids is 1. The number of carbonyl (C=O) groups is 1. The van der Waals surface area contributed by atoms with Gasteiger partial charge in [-0.25, -0.2) is 0 Å². The number of aryl methyl sites for hydroxylation is 1. The van der Waals surface area contributed by atoms with Crippen LogP contribution in [0.3, 0.4) is 0 Å². The lowest BCUT2D eigenvalue weighted by Gasteiger charge is -2.15. The first-order valence-corrected chi connectivity index (χ1v) is 6.97. The van der Waals surface area contributed by atoms with Gasteiger partial charge in [-0.15, -0.1) is 0 Å². The van der Waals surface area contributed by atoms with Crippen molar-refractivity contribution < 1.29 is 9.90 Å². The summed E-state index contributed by atoms with van der Waals surface area (Å²) in [6.45, 7) is 1.94. The van der Waals surface area contributed by atoms with Crippen molar-refractivity contribution in [1.82, 2.24) is 0 Å². The lowest BCUT2D eigenvalue weighted by Crippen LogP contribution is -2.15. The van der Waals surface area contributed by atoms with Crippen molar-refractivity contribution in [2.75, 3.05) is 0 Å². The molecular formula is C16H14Cl2O2. The maximum absolute atomic E-state index is 11.5. The Labute approximate surface area is 128 Å². The second kappa shape index (κ2) is 6.29. The summed E-state index contributed by atoms with van der Waals surface area (Å²) in [4.78, 5) is 11.5. The molecule has 0 saturated heterocycles. The van der Waals surface area contributed by atoms with E-state index in [1.54, 1.807) is 24.3 Å². The minimum absolute atomic E-state index is 0.318. The summed E-state index contributed by atoms with van der Waals surface area (Å²) >= 11 is 12.3. The standard InChI is InChI=1S/C16H14Cl2O2/c1-10-6-7-11(15(18)8-10)9-13(16(19)20)12-4-2-3-5-14(12)17/h2-8,13H,9H2,1H3,(H,19,20). The van der Waals surface area contributed by atoms with Gasteiger partial charge in [0.1, 0.15) is 0 Å². The van der Waals surface area contributed by atoms with Gasteiger partial charge < -0.3 is 5.11 Å². The van der Waals surface area contributed by atoms with Gasteiger partial charge in [0.15, 0.2) is 0 Å². The third-order valence-corrected chi connectivity index (χ3v) is 3.91. The van der Waals surface area contributed by atoms with Crippen molar-refractivity contribution in [1.29, 1.82) is 0 Å². The molecular weight excluding hydrogens is 295 g/mol. The molecule has 0 bridgehead atoms. The van der Waals surface area contributed by atoms with Crippen molar-refractivity contribution in [2.24, 2.45) is 0 Å². The van der Waals surface area contributed by atoms with E-state index in [0.29, 0.717) is 22.0 Å². The van der Waals surface area contributed by atoms with E-state index in [0.717, 1.165) is 11.1 Å². The van der Waals surface area contributed by atoms with Crippen molar-refractivity contribution in [3.8, 4) is 0 Å². The Balaban J connectivity index is 2.36. The highest BCUT2D eigenvalue weighted by molar-refractivity contribution is 6.32. The summed E-state index contributed by atoms with van der Waals surface area (Å²) in [5.74, 6) is -1.61. The smallest absolute Gasteiger partial charge is 0.311 e. The first-order valence-electron chi connectivity index (χ1n) is 6.21. The first kappa shape index (κ1) is 14.9. The molecule has 2 aromatic carbocycles. The second-order valence-electron chi connectivity index (χ2n) is 4.71. The highest BCUT2D eigenvalue weighted by Gasteiger charge is 2.23. The molecule has 0 spiro atoms. The van der Waals surface area contributed by atoms with Crippen molar-refractivity contribution in [3.63, 3.8) is 0 Å². The molecule has 0 aromatic heterocycles. The van der Waals surface area contributed by atoms with Crippen LogP contribution in [0.2, 0.25) is 10.0 Å². The molecule has 1 atom stereocenters. The zero-order valence-corrected chi connectivity index (χ0v) is 12.4. The number of carboxylic acids is 1. The van der Waals surface area contributed by atoms with Gasteiger partial charge in [0.25, 0.3) is 0 Å². The highest BCUT2D eigenvalue weighted by atomic mass is 35.5. The average Bonchev–Trinajstić information content (AvgIpc) is 2.39. The Morgan fingerprint density at radius 2 is 1.85 bits per heavy atom. The fourth-order valence-corrected chi connectivity index (χ4v) is 2.71. The van der Waals surface area contributed by atoms with Crippen LogP contribution in [-0.4, -0.2) is 11.1 Å². The number of hydrogen-bond donors (Lipinski definition) is 1. The minimum Gasteiger partial charge on any atom is -0.481 e. The molecule has 2 aromatic rings. The lowest BCUT2D eigenvalue weighted by atomic mass is 9.91. The number of halogens is 2. The van der Waals surface area contributed by atoms with Crippen LogP contribution in [0.1, 0.15) is 22.6 Å². The van der Waals surface area contributed by atoms with Gasteiger partial charge in [-0.05, 0) is 42.2 Å². The molecule has 4 heteroatoms. The Hall–Kier alpha value is -1.51. The van der Waals surface area contributed by atoms with E-state index in [2.05, 4.69) is 0 Å². The molecule has 0 aliphatic carbocycles. The lowest BCUT2D eigenvalue weighted by molar-refractivity contribution is -0.138. The van der Waals surface area contributed by atoms with E-state index in [4.69, 9.17) is 23.2 Å². The third kappa shape index (κ3) is 3.33. The van der Waals surface area contributed by atoms with Crippen LogP contribution in [-0.2, 0) is 11.2 Å². The normalized spacial score (nSPS) is 12.2. The van der Waals surface area contributed by atoms with Gasteiger partial charge in [0.2, 0.25) is 0 Å². The minimum atomic E-state index is -0.908. The Bertz CT molecular complexity index is 638. The van der Waals surface area contributed by atoms with Gasteiger partial charge >= 0.3 is 5.97 Å². The molecule has 104 valence electrons. The highest BCUT2D eigenvalue weighted by Crippen LogP contribution is 2.30. The van der Waals surface area contributed by atoms with Crippen molar-refractivity contribution >= 4 is 29.2 Å². The van der Waals surface area contributed by atoms with Crippen LogP contribution < -0.4 is 0 Å². The molecule has 0 aliphatic rings. The molecule has 0 radical (unpaired) electrons. The molecule has 1 unspecified atom stereocenters. The summed E-state index contributed by atoms with van der Waals surface area (Å²) in [5.41, 5.74) is 2.46. The molecule has 0 amide bonds. The van der Waals surface area contributed by atoms with Crippen LogP contribution in [0.15, 0.2) is 42.5 Å². The van der Waals surface area contributed by atoms with E-state index < -0.39 is 11.9 Å². The first-order chi connectivity index (χ1) is 9.49. The van der Waals surface area contributed by atoms with Crippen molar-refractivity contribution in [3.05, 3.63) is 69.2 Å². The van der Waals surface area contributed by atoms with E-state index in [-0.39, 0.29) is 0 Å². The predicted octanol–water partition coefficient (Wildman–Crippen LogP) is 4.71. The molecule has 0 aliphatic heterocycles. The maximum Gasteiger partial charge on any atom is 0.311 e. The Morgan fingerprint density at radius 1 is 1.15 bits per heavy atom. The summed E-state index contributed by atoms with van der Waals surface area (Å²) in [7, 11) is 0. The van der Waals surface area contributed by atoms with E-state index in [1.807, 2.05) is 25.1 Å². The Kier molecular flexibility index (Phi) is 4.69. The van der Waals surface area contributed by atoms with E-state index in [1.165, 1.54) is 0 Å². The van der Waals surface area contributed by atoms with Crippen LogP contribution in [0.5, 0.6) is 0 Å². The summed E-state index contributed by atoms with van der Waals surface area (Å²) < 4.78 is 0. The van der Waals surface area contributed by atoms with Crippen LogP contribution in [0.25, 0.3) is 0 Å². The number of carboxylic acid groups (broad SMARTS) is 1. The van der Waals surface area contributed by atoms with Gasteiger partial charge in [0.05, 0.1) is 5.92 Å². The number of benzene rings is 2. The van der Waals surface area contributed by atoms with Crippen LogP contribution in [0, 0.1) is 6.92 Å². The quantitative estimate of drug-likeness (QED) is 0.888. The third-order valence-electron chi connectivity index (χ3n) is 3.21. The van der Waals surface area contributed by atoms with Crippen LogP contribution in [0.4, 0.5) is 0 Å². The maximum atomic E-state index is 11.5. The molecule has 20 heavy (non-hydrogen) atoms. The van der Waals surface area contributed by atoms with Gasteiger partial charge in [-0.3, -0.25) is 4.79 Å². The largest absolute Gasteiger partial charge is 0.481 e. The number of hydrogen-bond acceptors (Lipinski definition) is 1. The zero-order valence-electron chi connectivity index (χ0n) is 10.9. The molecule has 2 nitrogen and oxygen atoms in total. The van der Waals surface area contributed by atoms with Gasteiger partial charge in [-0.1, -0.05) is 53.5 Å². The van der Waals surface area contributed by atoms with Crippen LogP contribution >= 0.6 is 23.2 Å². The molecule has 2 rings (SSSR count). The SMILES string of the molecule is Cc1ccc(CC(C(=O)O)c2ccccc2Cl)c(Cl)c1. The molecule has 0 saturated carbocycles. The average molecular weight is 309 g/mol. The van der Waals surface area contributed by atoms with Crippen molar-refractivity contribution in [2.45, 2.75) is 19.3 Å². The summed E-state index contributed by atoms with van der Waals surface area (Å²) in [5, 5.41) is 10.5.